The third-order valence-electron chi connectivity index (χ3n) is 2.71. The van der Waals surface area contributed by atoms with Crippen molar-refractivity contribution in [2.45, 2.75) is 24.8 Å². The number of para-hydroxylation sites is 1. The molecule has 0 aliphatic rings. The zero-order valence-electron chi connectivity index (χ0n) is 10.6. The van der Waals surface area contributed by atoms with Crippen LogP contribution < -0.4 is 10.5 Å². The van der Waals surface area contributed by atoms with Crippen molar-refractivity contribution in [2.24, 2.45) is 0 Å². The lowest BCUT2D eigenvalue weighted by atomic mass is 10.3. The second-order valence-corrected chi connectivity index (χ2v) is 7.07. The molecule has 0 unspecified atom stereocenters. The second-order valence-electron chi connectivity index (χ2n) is 4.08. The van der Waals surface area contributed by atoms with E-state index in [9.17, 15) is 8.42 Å². The van der Waals surface area contributed by atoms with E-state index in [2.05, 4.69) is 11.6 Å². The van der Waals surface area contributed by atoms with Crippen LogP contribution in [0.5, 0.6) is 0 Å². The fourth-order valence-electron chi connectivity index (χ4n) is 1.68. The zero-order chi connectivity index (χ0) is 13.9. The first-order chi connectivity index (χ1) is 9.03. The quantitative estimate of drug-likeness (QED) is 0.832. The first-order valence-corrected chi connectivity index (χ1v) is 8.24. The fraction of sp³-hybridized carbons (Fsp3) is 0.231. The lowest BCUT2D eigenvalue weighted by Gasteiger charge is -2.07. The number of nitrogens with two attached hydrogens (primary N) is 1. The van der Waals surface area contributed by atoms with Crippen molar-refractivity contribution in [1.29, 1.82) is 0 Å². The van der Waals surface area contributed by atoms with Crippen molar-refractivity contribution in [3.05, 3.63) is 46.2 Å². The van der Waals surface area contributed by atoms with Crippen molar-refractivity contribution in [2.75, 3.05) is 5.73 Å². The van der Waals surface area contributed by atoms with E-state index in [0.29, 0.717) is 6.54 Å². The van der Waals surface area contributed by atoms with Gasteiger partial charge >= 0.3 is 0 Å². The highest BCUT2D eigenvalue weighted by molar-refractivity contribution is 7.89. The lowest BCUT2D eigenvalue weighted by molar-refractivity contribution is 0.582. The van der Waals surface area contributed by atoms with Crippen molar-refractivity contribution < 1.29 is 8.42 Å². The third kappa shape index (κ3) is 3.34. The van der Waals surface area contributed by atoms with Crippen molar-refractivity contribution >= 4 is 27.0 Å². The van der Waals surface area contributed by atoms with E-state index in [-0.39, 0.29) is 10.6 Å². The number of sulfonamides is 1. The summed E-state index contributed by atoms with van der Waals surface area (Å²) in [7, 11) is -3.55. The minimum Gasteiger partial charge on any atom is -0.398 e. The number of rotatable bonds is 5. The van der Waals surface area contributed by atoms with Crippen molar-refractivity contribution in [1.82, 2.24) is 4.72 Å². The van der Waals surface area contributed by atoms with Crippen LogP contribution >= 0.6 is 11.3 Å². The average molecular weight is 296 g/mol. The molecule has 0 atom stereocenters. The largest absolute Gasteiger partial charge is 0.398 e. The molecule has 6 heteroatoms. The maximum absolute atomic E-state index is 12.1. The molecule has 4 nitrogen and oxygen atoms in total. The molecular formula is C13H16N2O2S2. The van der Waals surface area contributed by atoms with Crippen molar-refractivity contribution in [3.8, 4) is 0 Å². The van der Waals surface area contributed by atoms with Crippen LogP contribution in [0.25, 0.3) is 0 Å². The van der Waals surface area contributed by atoms with Gasteiger partial charge < -0.3 is 5.73 Å². The van der Waals surface area contributed by atoms with Crippen LogP contribution in [0.1, 0.15) is 16.7 Å². The summed E-state index contributed by atoms with van der Waals surface area (Å²) in [5.74, 6) is 0. The van der Waals surface area contributed by atoms with E-state index in [4.69, 9.17) is 5.73 Å². The predicted molar refractivity (Wildman–Crippen MR) is 78.6 cm³/mol. The van der Waals surface area contributed by atoms with E-state index in [1.165, 1.54) is 10.9 Å². The molecule has 0 fully saturated rings. The molecule has 0 aliphatic heterocycles. The Bertz CT molecular complexity index is 663. The average Bonchev–Trinajstić information content (AvgIpc) is 2.85. The monoisotopic (exact) mass is 296 g/mol. The molecule has 2 rings (SSSR count). The van der Waals surface area contributed by atoms with E-state index in [1.807, 2.05) is 12.1 Å². The molecule has 2 aromatic rings. The molecular weight excluding hydrogens is 280 g/mol. The van der Waals surface area contributed by atoms with Gasteiger partial charge in [0.25, 0.3) is 0 Å². The Morgan fingerprint density at radius 2 is 1.84 bits per heavy atom. The van der Waals surface area contributed by atoms with Crippen LogP contribution in [0.4, 0.5) is 5.69 Å². The van der Waals surface area contributed by atoms with Crippen LogP contribution in [0.2, 0.25) is 0 Å². The molecule has 0 saturated heterocycles. The second kappa shape index (κ2) is 5.73. The van der Waals surface area contributed by atoms with Gasteiger partial charge in [-0.05, 0) is 30.7 Å². The summed E-state index contributed by atoms with van der Waals surface area (Å²) in [5, 5.41) is 0. The molecule has 102 valence electrons. The van der Waals surface area contributed by atoms with E-state index < -0.39 is 10.0 Å². The molecule has 3 N–H and O–H groups in total. The van der Waals surface area contributed by atoms with Gasteiger partial charge in [-0.15, -0.1) is 11.3 Å². The van der Waals surface area contributed by atoms with Gasteiger partial charge in [-0.1, -0.05) is 19.1 Å². The number of hydrogen-bond donors (Lipinski definition) is 2. The molecule has 0 saturated carbocycles. The van der Waals surface area contributed by atoms with Gasteiger partial charge in [0.05, 0.1) is 5.69 Å². The fourth-order valence-corrected chi connectivity index (χ4v) is 3.80. The first kappa shape index (κ1) is 14.0. The summed E-state index contributed by atoms with van der Waals surface area (Å²) in [6, 6.07) is 10.4. The normalized spacial score (nSPS) is 11.6. The van der Waals surface area contributed by atoms with Gasteiger partial charge in [0.2, 0.25) is 10.0 Å². The summed E-state index contributed by atoms with van der Waals surface area (Å²) in [6.07, 6.45) is 0.961. The number of hydrogen-bond acceptors (Lipinski definition) is 4. The highest BCUT2D eigenvalue weighted by atomic mass is 32.2. The Balaban J connectivity index is 2.12. The smallest absolute Gasteiger partial charge is 0.242 e. The number of nitrogen functional groups attached to an aromatic ring is 1. The molecule has 1 aromatic carbocycles. The standard InChI is InChI=1S/C13H16N2O2S2/c1-2-10-7-8-11(18-10)9-15-19(16,17)13-6-4-3-5-12(13)14/h3-8,15H,2,9,14H2,1H3. The highest BCUT2D eigenvalue weighted by Crippen LogP contribution is 2.20. The molecule has 19 heavy (non-hydrogen) atoms. The Kier molecular flexibility index (Phi) is 4.24. The number of anilines is 1. The third-order valence-corrected chi connectivity index (χ3v) is 5.42. The topological polar surface area (TPSA) is 72.2 Å². The van der Waals surface area contributed by atoms with Crippen LogP contribution in [0.15, 0.2) is 41.3 Å². The minimum absolute atomic E-state index is 0.127. The van der Waals surface area contributed by atoms with E-state index >= 15 is 0 Å². The van der Waals surface area contributed by atoms with Gasteiger partial charge in [-0.3, -0.25) is 0 Å². The SMILES string of the molecule is CCc1ccc(CNS(=O)(=O)c2ccccc2N)s1. The van der Waals surface area contributed by atoms with Gasteiger partial charge in [0, 0.05) is 16.3 Å². The molecule has 1 heterocycles. The van der Waals surface area contributed by atoms with Gasteiger partial charge in [0.1, 0.15) is 4.90 Å². The summed E-state index contributed by atoms with van der Waals surface area (Å²) < 4.78 is 26.8. The molecule has 0 bridgehead atoms. The minimum atomic E-state index is -3.55. The van der Waals surface area contributed by atoms with E-state index in [0.717, 1.165) is 11.3 Å². The Hall–Kier alpha value is -1.37. The van der Waals surface area contributed by atoms with E-state index in [1.54, 1.807) is 29.5 Å². The van der Waals surface area contributed by atoms with Gasteiger partial charge in [0.15, 0.2) is 0 Å². The molecule has 0 amide bonds. The summed E-state index contributed by atoms with van der Waals surface area (Å²) in [4.78, 5) is 2.37. The maximum atomic E-state index is 12.1. The summed E-state index contributed by atoms with van der Waals surface area (Å²) in [5.41, 5.74) is 5.94. The highest BCUT2D eigenvalue weighted by Gasteiger charge is 2.16. The summed E-state index contributed by atoms with van der Waals surface area (Å²) >= 11 is 1.61. The number of aryl methyl sites for hydroxylation is 1. The van der Waals surface area contributed by atoms with Crippen LogP contribution in [-0.2, 0) is 23.0 Å². The number of nitrogens with one attached hydrogen (secondary N) is 1. The Labute approximate surface area is 117 Å². The number of benzene rings is 1. The van der Waals surface area contributed by atoms with Crippen LogP contribution in [-0.4, -0.2) is 8.42 Å². The Morgan fingerprint density at radius 3 is 2.47 bits per heavy atom. The number of thiophene rings is 1. The molecule has 1 aromatic heterocycles. The first-order valence-electron chi connectivity index (χ1n) is 5.94. The predicted octanol–water partition coefficient (Wildman–Crippen LogP) is 2.37. The van der Waals surface area contributed by atoms with Crippen molar-refractivity contribution in [3.63, 3.8) is 0 Å². The zero-order valence-corrected chi connectivity index (χ0v) is 12.2. The maximum Gasteiger partial charge on any atom is 0.242 e. The van der Waals surface area contributed by atoms with Gasteiger partial charge in [-0.25, -0.2) is 13.1 Å². The molecule has 0 radical (unpaired) electrons. The molecule has 0 spiro atoms. The Morgan fingerprint density at radius 1 is 1.16 bits per heavy atom. The van der Waals surface area contributed by atoms with Crippen LogP contribution in [0, 0.1) is 0 Å². The summed E-state index contributed by atoms with van der Waals surface area (Å²) in [6.45, 7) is 2.37. The van der Waals surface area contributed by atoms with Crippen LogP contribution in [0.3, 0.4) is 0 Å². The van der Waals surface area contributed by atoms with Gasteiger partial charge in [-0.2, -0.15) is 0 Å². The molecule has 0 aliphatic carbocycles. The lowest BCUT2D eigenvalue weighted by Crippen LogP contribution is -2.23.